The standard InChI is InChI=1S/C15H20O8S/c1-20-15-13(17)12(16)14-10(22-15)7-21-11(23-14)8-24(18,19)9-5-3-2-4-6-9/h2-6,10-17H,7-8H2,1H3/t10-,11?,12-,13-,14-,15-/m1/s1. The second-order valence-electron chi connectivity index (χ2n) is 5.72. The number of methoxy groups -OCH3 is 1. The van der Waals surface area contributed by atoms with Gasteiger partial charge in [0.15, 0.2) is 22.4 Å². The summed E-state index contributed by atoms with van der Waals surface area (Å²) in [6, 6.07) is 7.97. The lowest BCUT2D eigenvalue weighted by atomic mass is 9.98. The topological polar surface area (TPSA) is 112 Å². The van der Waals surface area contributed by atoms with Gasteiger partial charge in [0.2, 0.25) is 0 Å². The molecule has 1 aromatic carbocycles. The Morgan fingerprint density at radius 2 is 1.88 bits per heavy atom. The maximum atomic E-state index is 12.4. The Morgan fingerprint density at radius 3 is 2.54 bits per heavy atom. The van der Waals surface area contributed by atoms with Crippen LogP contribution in [0.3, 0.4) is 0 Å². The number of sulfone groups is 1. The molecule has 9 heteroatoms. The molecule has 0 bridgehead atoms. The first kappa shape index (κ1) is 17.7. The molecule has 2 heterocycles. The third-order valence-corrected chi connectivity index (χ3v) is 5.79. The molecule has 2 aliphatic rings. The minimum atomic E-state index is -3.60. The average Bonchev–Trinajstić information content (AvgIpc) is 2.59. The predicted molar refractivity (Wildman–Crippen MR) is 80.8 cm³/mol. The van der Waals surface area contributed by atoms with Crippen LogP contribution >= 0.6 is 0 Å². The van der Waals surface area contributed by atoms with E-state index in [1.807, 2.05) is 0 Å². The van der Waals surface area contributed by atoms with E-state index in [4.69, 9.17) is 18.9 Å². The summed E-state index contributed by atoms with van der Waals surface area (Å²) < 4.78 is 46.1. The van der Waals surface area contributed by atoms with Crippen LogP contribution in [0.2, 0.25) is 0 Å². The van der Waals surface area contributed by atoms with Gasteiger partial charge in [0.25, 0.3) is 0 Å². The van der Waals surface area contributed by atoms with Crippen molar-refractivity contribution in [3.63, 3.8) is 0 Å². The molecule has 8 nitrogen and oxygen atoms in total. The summed E-state index contributed by atoms with van der Waals surface area (Å²) in [5, 5.41) is 20.1. The van der Waals surface area contributed by atoms with Gasteiger partial charge >= 0.3 is 0 Å². The first-order valence-corrected chi connectivity index (χ1v) is 9.17. The molecule has 1 unspecified atom stereocenters. The average molecular weight is 360 g/mol. The van der Waals surface area contributed by atoms with Crippen LogP contribution in [-0.4, -0.2) is 75.1 Å². The highest BCUT2D eigenvalue weighted by Gasteiger charge is 2.49. The van der Waals surface area contributed by atoms with E-state index in [0.29, 0.717) is 0 Å². The third kappa shape index (κ3) is 3.47. The van der Waals surface area contributed by atoms with Crippen molar-refractivity contribution in [2.75, 3.05) is 19.5 Å². The van der Waals surface area contributed by atoms with Gasteiger partial charge < -0.3 is 29.2 Å². The fraction of sp³-hybridized carbons (Fsp3) is 0.600. The van der Waals surface area contributed by atoms with Crippen LogP contribution in [0.15, 0.2) is 35.2 Å². The van der Waals surface area contributed by atoms with Crippen molar-refractivity contribution in [1.82, 2.24) is 0 Å². The number of hydrogen-bond acceptors (Lipinski definition) is 8. The quantitative estimate of drug-likeness (QED) is 0.725. The first-order chi connectivity index (χ1) is 11.4. The molecule has 0 radical (unpaired) electrons. The van der Waals surface area contributed by atoms with Crippen LogP contribution in [0.25, 0.3) is 0 Å². The molecule has 2 saturated heterocycles. The van der Waals surface area contributed by atoms with E-state index in [-0.39, 0.29) is 11.5 Å². The van der Waals surface area contributed by atoms with E-state index >= 15 is 0 Å². The summed E-state index contributed by atoms with van der Waals surface area (Å²) in [5.74, 6) is -0.392. The van der Waals surface area contributed by atoms with Crippen molar-refractivity contribution in [3.05, 3.63) is 30.3 Å². The SMILES string of the molecule is CO[C@@H]1O[C@@H]2COC(CS(=O)(=O)c3ccccc3)O[C@H]2[C@H](O)[C@H]1O. The monoisotopic (exact) mass is 360 g/mol. The fourth-order valence-corrected chi connectivity index (χ4v) is 4.11. The molecular formula is C15H20O8S. The van der Waals surface area contributed by atoms with Gasteiger partial charge in [-0.2, -0.15) is 0 Å². The molecule has 0 aliphatic carbocycles. The molecule has 0 aromatic heterocycles. The first-order valence-electron chi connectivity index (χ1n) is 7.51. The number of fused-ring (bicyclic) bond motifs is 1. The molecule has 2 aliphatic heterocycles. The predicted octanol–water partition coefficient (Wildman–Crippen LogP) is -0.705. The van der Waals surface area contributed by atoms with Gasteiger partial charge in [-0.1, -0.05) is 18.2 Å². The second-order valence-corrected chi connectivity index (χ2v) is 7.75. The van der Waals surface area contributed by atoms with E-state index < -0.39 is 52.6 Å². The van der Waals surface area contributed by atoms with Gasteiger partial charge in [0, 0.05) is 7.11 Å². The Balaban J connectivity index is 1.69. The van der Waals surface area contributed by atoms with Crippen molar-refractivity contribution in [3.8, 4) is 0 Å². The summed E-state index contributed by atoms with van der Waals surface area (Å²) in [4.78, 5) is 0.166. The Labute approximate surface area is 139 Å². The summed E-state index contributed by atoms with van der Waals surface area (Å²) in [7, 11) is -2.26. The van der Waals surface area contributed by atoms with Crippen molar-refractivity contribution in [1.29, 1.82) is 0 Å². The second kappa shape index (κ2) is 7.04. The lowest BCUT2D eigenvalue weighted by molar-refractivity contribution is -0.351. The molecule has 134 valence electrons. The van der Waals surface area contributed by atoms with E-state index in [1.165, 1.54) is 19.2 Å². The molecule has 0 spiro atoms. The number of aliphatic hydroxyl groups excluding tert-OH is 2. The van der Waals surface area contributed by atoms with Crippen LogP contribution in [-0.2, 0) is 28.8 Å². The molecule has 2 fully saturated rings. The molecule has 6 atom stereocenters. The van der Waals surface area contributed by atoms with Crippen LogP contribution in [0.5, 0.6) is 0 Å². The highest BCUT2D eigenvalue weighted by Crippen LogP contribution is 2.29. The number of benzene rings is 1. The highest BCUT2D eigenvalue weighted by atomic mass is 32.2. The molecule has 0 saturated carbocycles. The number of ether oxygens (including phenoxy) is 4. The molecule has 3 rings (SSSR count). The maximum absolute atomic E-state index is 12.4. The van der Waals surface area contributed by atoms with Crippen LogP contribution < -0.4 is 0 Å². The van der Waals surface area contributed by atoms with Gasteiger partial charge in [-0.15, -0.1) is 0 Å². The number of aliphatic hydroxyl groups is 2. The maximum Gasteiger partial charge on any atom is 0.186 e. The number of hydrogen-bond donors (Lipinski definition) is 2. The summed E-state index contributed by atoms with van der Waals surface area (Å²) in [5.41, 5.74) is 0. The molecular weight excluding hydrogens is 340 g/mol. The van der Waals surface area contributed by atoms with Crippen molar-refractivity contribution in [2.45, 2.75) is 41.9 Å². The zero-order valence-electron chi connectivity index (χ0n) is 13.0. The minimum Gasteiger partial charge on any atom is -0.387 e. The zero-order chi connectivity index (χ0) is 17.3. The molecule has 1 aromatic rings. The van der Waals surface area contributed by atoms with Crippen molar-refractivity contribution < 1.29 is 37.6 Å². The van der Waals surface area contributed by atoms with E-state index in [1.54, 1.807) is 18.2 Å². The normalized spacial score (nSPS) is 37.0. The van der Waals surface area contributed by atoms with Crippen molar-refractivity contribution in [2.24, 2.45) is 0 Å². The van der Waals surface area contributed by atoms with Gasteiger partial charge in [-0.05, 0) is 12.1 Å². The van der Waals surface area contributed by atoms with Crippen LogP contribution in [0.1, 0.15) is 0 Å². The fourth-order valence-electron chi connectivity index (χ4n) is 2.81. The Kier molecular flexibility index (Phi) is 5.21. The Bertz CT molecular complexity index is 647. The van der Waals surface area contributed by atoms with Crippen LogP contribution in [0, 0.1) is 0 Å². The van der Waals surface area contributed by atoms with Gasteiger partial charge in [0.05, 0.1) is 11.5 Å². The summed E-state index contributed by atoms with van der Waals surface area (Å²) >= 11 is 0. The summed E-state index contributed by atoms with van der Waals surface area (Å²) in [6.07, 6.45) is -6.14. The lowest BCUT2D eigenvalue weighted by Gasteiger charge is -2.45. The Hall–Kier alpha value is -1.07. The third-order valence-electron chi connectivity index (χ3n) is 4.09. The summed E-state index contributed by atoms with van der Waals surface area (Å²) in [6.45, 7) is 0.0310. The Morgan fingerprint density at radius 1 is 1.17 bits per heavy atom. The smallest absolute Gasteiger partial charge is 0.186 e. The number of rotatable bonds is 4. The lowest BCUT2D eigenvalue weighted by Crippen LogP contribution is -2.63. The van der Waals surface area contributed by atoms with E-state index in [2.05, 4.69) is 0 Å². The van der Waals surface area contributed by atoms with Crippen molar-refractivity contribution >= 4 is 9.84 Å². The minimum absolute atomic E-state index is 0.0310. The zero-order valence-corrected chi connectivity index (χ0v) is 13.8. The van der Waals surface area contributed by atoms with Gasteiger partial charge in [-0.3, -0.25) is 0 Å². The largest absolute Gasteiger partial charge is 0.387 e. The van der Waals surface area contributed by atoms with Crippen LogP contribution in [0.4, 0.5) is 0 Å². The van der Waals surface area contributed by atoms with E-state index in [9.17, 15) is 18.6 Å². The molecule has 2 N–H and O–H groups in total. The molecule has 24 heavy (non-hydrogen) atoms. The van der Waals surface area contributed by atoms with Gasteiger partial charge in [-0.25, -0.2) is 8.42 Å². The van der Waals surface area contributed by atoms with E-state index in [0.717, 1.165) is 0 Å². The van der Waals surface area contributed by atoms with Gasteiger partial charge in [0.1, 0.15) is 30.2 Å². The highest BCUT2D eigenvalue weighted by molar-refractivity contribution is 7.91. The molecule has 0 amide bonds.